The molecule has 0 aliphatic rings. The van der Waals surface area contributed by atoms with Crippen LogP contribution in [0.15, 0.2) is 29.6 Å². The predicted octanol–water partition coefficient (Wildman–Crippen LogP) is 4.62. The Bertz CT molecular complexity index is 575. The van der Waals surface area contributed by atoms with Crippen molar-refractivity contribution in [1.82, 2.24) is 4.98 Å². The summed E-state index contributed by atoms with van der Waals surface area (Å²) in [7, 11) is 0. The van der Waals surface area contributed by atoms with E-state index in [0.29, 0.717) is 16.5 Å². The Balaban J connectivity index is 2.22. The smallest absolute Gasteiger partial charge is 0.132 e. The number of halogens is 1. The third-order valence-corrected chi connectivity index (χ3v) is 3.89. The van der Waals surface area contributed by atoms with Crippen LogP contribution in [-0.4, -0.2) is 4.98 Å². The zero-order valence-electron chi connectivity index (χ0n) is 10.6. The summed E-state index contributed by atoms with van der Waals surface area (Å²) in [5, 5.41) is 14.7. The molecule has 0 saturated heterocycles. The molecule has 0 amide bonds. The summed E-state index contributed by atoms with van der Waals surface area (Å²) < 4.78 is 0. The molecule has 0 bridgehead atoms. The van der Waals surface area contributed by atoms with E-state index < -0.39 is 0 Å². The summed E-state index contributed by atoms with van der Waals surface area (Å²) in [6, 6.07) is 9.73. The molecule has 0 saturated carbocycles. The largest absolute Gasteiger partial charge is 0.362 e. The third kappa shape index (κ3) is 3.69. The Labute approximate surface area is 121 Å². The summed E-state index contributed by atoms with van der Waals surface area (Å²) >= 11 is 7.63. The van der Waals surface area contributed by atoms with Crippen LogP contribution in [0.1, 0.15) is 36.2 Å². The van der Waals surface area contributed by atoms with E-state index in [1.165, 1.54) is 4.88 Å². The van der Waals surface area contributed by atoms with E-state index >= 15 is 0 Å². The third-order valence-electron chi connectivity index (χ3n) is 2.71. The molecule has 19 heavy (non-hydrogen) atoms. The Morgan fingerprint density at radius 2 is 2.37 bits per heavy atom. The Hall–Kier alpha value is -1.57. The molecule has 1 N–H and O–H groups in total. The van der Waals surface area contributed by atoms with Crippen LogP contribution in [-0.2, 0) is 0 Å². The highest BCUT2D eigenvalue weighted by Crippen LogP contribution is 2.27. The molecule has 2 rings (SSSR count). The van der Waals surface area contributed by atoms with E-state index in [9.17, 15) is 0 Å². The average molecular weight is 292 g/mol. The van der Waals surface area contributed by atoms with Gasteiger partial charge in [0.25, 0.3) is 0 Å². The Morgan fingerprint density at radius 3 is 3.00 bits per heavy atom. The van der Waals surface area contributed by atoms with Crippen molar-refractivity contribution in [3.8, 4) is 6.07 Å². The molecule has 0 aliphatic carbocycles. The molecular weight excluding hydrogens is 278 g/mol. The fourth-order valence-corrected chi connectivity index (χ4v) is 2.90. The van der Waals surface area contributed by atoms with Gasteiger partial charge in [0.1, 0.15) is 11.0 Å². The lowest BCUT2D eigenvalue weighted by atomic mass is 10.1. The molecule has 2 aromatic heterocycles. The van der Waals surface area contributed by atoms with Gasteiger partial charge in [0.15, 0.2) is 0 Å². The van der Waals surface area contributed by atoms with E-state index in [0.717, 1.165) is 12.8 Å². The second-order valence-electron chi connectivity index (χ2n) is 4.18. The first-order valence-corrected chi connectivity index (χ1v) is 7.36. The Kier molecular flexibility index (Phi) is 4.78. The predicted molar refractivity (Wildman–Crippen MR) is 79.6 cm³/mol. The summed E-state index contributed by atoms with van der Waals surface area (Å²) in [4.78, 5) is 5.49. The van der Waals surface area contributed by atoms with Gasteiger partial charge < -0.3 is 5.32 Å². The van der Waals surface area contributed by atoms with Crippen LogP contribution in [0.4, 0.5) is 5.82 Å². The number of rotatable bonds is 5. The van der Waals surface area contributed by atoms with Crippen LogP contribution in [0, 0.1) is 11.3 Å². The van der Waals surface area contributed by atoms with Crippen molar-refractivity contribution in [3.05, 3.63) is 45.2 Å². The fourth-order valence-electron chi connectivity index (χ4n) is 1.88. The van der Waals surface area contributed by atoms with Crippen LogP contribution in [0.25, 0.3) is 0 Å². The van der Waals surface area contributed by atoms with Gasteiger partial charge in [-0.15, -0.1) is 11.3 Å². The molecule has 3 nitrogen and oxygen atoms in total. The number of hydrogen-bond donors (Lipinski definition) is 1. The monoisotopic (exact) mass is 291 g/mol. The van der Waals surface area contributed by atoms with Crippen molar-refractivity contribution in [2.75, 3.05) is 5.32 Å². The lowest BCUT2D eigenvalue weighted by Gasteiger charge is -2.17. The molecule has 98 valence electrons. The topological polar surface area (TPSA) is 48.7 Å². The number of pyridine rings is 1. The summed E-state index contributed by atoms with van der Waals surface area (Å²) in [6.07, 6.45) is 2.08. The van der Waals surface area contributed by atoms with Crippen LogP contribution in [0.3, 0.4) is 0 Å². The van der Waals surface area contributed by atoms with Gasteiger partial charge in [0.2, 0.25) is 0 Å². The molecule has 2 aromatic rings. The zero-order valence-corrected chi connectivity index (χ0v) is 12.1. The molecule has 1 atom stereocenters. The van der Waals surface area contributed by atoms with Gasteiger partial charge in [-0.2, -0.15) is 5.26 Å². The minimum absolute atomic E-state index is 0.211. The highest BCUT2D eigenvalue weighted by molar-refractivity contribution is 7.10. The minimum Gasteiger partial charge on any atom is -0.362 e. The van der Waals surface area contributed by atoms with Crippen LogP contribution < -0.4 is 5.32 Å². The van der Waals surface area contributed by atoms with Gasteiger partial charge in [0, 0.05) is 4.88 Å². The van der Waals surface area contributed by atoms with Gasteiger partial charge in [-0.3, -0.25) is 0 Å². The van der Waals surface area contributed by atoms with Crippen LogP contribution in [0.2, 0.25) is 5.15 Å². The first-order chi connectivity index (χ1) is 9.22. The van der Waals surface area contributed by atoms with Gasteiger partial charge in [0.05, 0.1) is 17.7 Å². The molecule has 0 fully saturated rings. The number of nitrogens with one attached hydrogen (secondary N) is 1. The summed E-state index contributed by atoms with van der Waals surface area (Å²) in [6.45, 7) is 2.15. The first-order valence-electron chi connectivity index (χ1n) is 6.10. The molecule has 0 spiro atoms. The van der Waals surface area contributed by atoms with Crippen LogP contribution in [0.5, 0.6) is 0 Å². The van der Waals surface area contributed by atoms with Crippen molar-refractivity contribution in [2.24, 2.45) is 0 Å². The molecule has 1 unspecified atom stereocenters. The van der Waals surface area contributed by atoms with Gasteiger partial charge >= 0.3 is 0 Å². The number of anilines is 1. The van der Waals surface area contributed by atoms with Gasteiger partial charge in [-0.1, -0.05) is 31.0 Å². The lowest BCUT2D eigenvalue weighted by molar-refractivity contribution is 0.684. The number of thiophene rings is 1. The molecule has 0 radical (unpaired) electrons. The maximum atomic E-state index is 8.95. The van der Waals surface area contributed by atoms with Gasteiger partial charge in [-0.25, -0.2) is 4.98 Å². The molecule has 2 heterocycles. The molecule has 0 aromatic carbocycles. The lowest BCUT2D eigenvalue weighted by Crippen LogP contribution is -2.10. The standard InChI is InChI=1S/C14H14ClN3S/c1-2-4-11(12-5-3-6-19-12)17-14-8-10(9-16)7-13(15)18-14/h3,5-8,11H,2,4H2,1H3,(H,17,18). The normalized spacial score (nSPS) is 11.8. The molecule has 5 heteroatoms. The number of hydrogen-bond acceptors (Lipinski definition) is 4. The number of nitriles is 1. The SMILES string of the molecule is CCCC(Nc1cc(C#N)cc(Cl)n1)c1cccs1. The van der Waals surface area contributed by atoms with E-state index in [4.69, 9.17) is 16.9 Å². The molecule has 0 aliphatic heterocycles. The number of nitrogens with zero attached hydrogens (tertiary/aromatic N) is 2. The average Bonchev–Trinajstić information content (AvgIpc) is 2.91. The van der Waals surface area contributed by atoms with E-state index in [2.05, 4.69) is 34.7 Å². The highest BCUT2D eigenvalue weighted by Gasteiger charge is 2.12. The van der Waals surface area contributed by atoms with Crippen molar-refractivity contribution >= 4 is 28.8 Å². The fraction of sp³-hybridized carbons (Fsp3) is 0.286. The van der Waals surface area contributed by atoms with E-state index in [1.807, 2.05) is 6.07 Å². The van der Waals surface area contributed by atoms with Crippen molar-refractivity contribution in [2.45, 2.75) is 25.8 Å². The quantitative estimate of drug-likeness (QED) is 0.818. The zero-order chi connectivity index (χ0) is 13.7. The van der Waals surface area contributed by atoms with Crippen LogP contribution >= 0.6 is 22.9 Å². The highest BCUT2D eigenvalue weighted by atomic mass is 35.5. The van der Waals surface area contributed by atoms with Crippen molar-refractivity contribution in [3.63, 3.8) is 0 Å². The first kappa shape index (κ1) is 13.9. The minimum atomic E-state index is 0.211. The maximum absolute atomic E-state index is 8.95. The van der Waals surface area contributed by atoms with Crippen molar-refractivity contribution < 1.29 is 0 Å². The summed E-state index contributed by atoms with van der Waals surface area (Å²) in [5.74, 6) is 0.649. The van der Waals surface area contributed by atoms with E-state index in [1.54, 1.807) is 23.5 Å². The van der Waals surface area contributed by atoms with E-state index in [-0.39, 0.29) is 6.04 Å². The maximum Gasteiger partial charge on any atom is 0.132 e. The second-order valence-corrected chi connectivity index (χ2v) is 5.54. The van der Waals surface area contributed by atoms with Crippen molar-refractivity contribution in [1.29, 1.82) is 5.26 Å². The summed E-state index contributed by atoms with van der Waals surface area (Å²) in [5.41, 5.74) is 0.518. The van der Waals surface area contributed by atoms with Gasteiger partial charge in [-0.05, 0) is 30.0 Å². The number of aromatic nitrogens is 1. The second kappa shape index (κ2) is 6.55. The molecular formula is C14H14ClN3S. The Morgan fingerprint density at radius 1 is 1.53 bits per heavy atom.